The predicted octanol–water partition coefficient (Wildman–Crippen LogP) is 3.91. The topological polar surface area (TPSA) is 85.4 Å². The van der Waals surface area contributed by atoms with Crippen molar-refractivity contribution >= 4 is 34.7 Å². The molecule has 0 spiro atoms. The number of hydrogen-bond acceptors (Lipinski definition) is 6. The number of piperazine rings is 1. The van der Waals surface area contributed by atoms with E-state index in [9.17, 15) is 4.79 Å². The first-order chi connectivity index (χ1) is 15.5. The molecule has 0 unspecified atom stereocenters. The van der Waals surface area contributed by atoms with Crippen molar-refractivity contribution in [3.8, 4) is 0 Å². The lowest BCUT2D eigenvalue weighted by atomic mass is 10.1. The maximum Gasteiger partial charge on any atom is 0.327 e. The average molecular weight is 432 g/mol. The van der Waals surface area contributed by atoms with E-state index in [1.54, 1.807) is 13.1 Å². The van der Waals surface area contributed by atoms with Gasteiger partial charge in [-0.15, -0.1) is 0 Å². The fourth-order valence-electron chi connectivity index (χ4n) is 3.73. The van der Waals surface area contributed by atoms with E-state index in [4.69, 9.17) is 0 Å². The second kappa shape index (κ2) is 9.65. The molecule has 1 aliphatic rings. The van der Waals surface area contributed by atoms with E-state index in [1.807, 2.05) is 44.2 Å². The Labute approximate surface area is 188 Å². The van der Waals surface area contributed by atoms with Crippen LogP contribution in [0.15, 0.2) is 54.9 Å². The number of rotatable bonds is 5. The average Bonchev–Trinajstić information content (AvgIpc) is 2.82. The summed E-state index contributed by atoms with van der Waals surface area (Å²) in [6.45, 7) is 7.99. The number of aryl methyl sites for hydroxylation is 2. The van der Waals surface area contributed by atoms with Crippen molar-refractivity contribution in [3.63, 3.8) is 0 Å². The zero-order chi connectivity index (χ0) is 22.5. The molecule has 8 nitrogen and oxygen atoms in total. The molecule has 0 bridgehead atoms. The summed E-state index contributed by atoms with van der Waals surface area (Å²) in [4.78, 5) is 25.2. The Bertz CT molecular complexity index is 1060. The fourth-order valence-corrected chi connectivity index (χ4v) is 3.73. The van der Waals surface area contributed by atoms with Crippen LogP contribution in [-0.4, -0.2) is 49.2 Å². The molecule has 1 aromatic heterocycles. The van der Waals surface area contributed by atoms with Gasteiger partial charge in [0.2, 0.25) is 0 Å². The third kappa shape index (κ3) is 4.97. The lowest BCUT2D eigenvalue weighted by molar-refractivity contribution is 0.258. The van der Waals surface area contributed by atoms with Crippen LogP contribution in [-0.2, 0) is 0 Å². The first-order valence-corrected chi connectivity index (χ1v) is 10.8. The number of carbonyl (C=O) groups is 1. The predicted molar refractivity (Wildman–Crippen MR) is 130 cm³/mol. The molecule has 166 valence electrons. The highest BCUT2D eigenvalue weighted by Gasteiger charge is 2.15. The molecule has 0 radical (unpaired) electrons. The molecular weight excluding hydrogens is 402 g/mol. The van der Waals surface area contributed by atoms with Crippen molar-refractivity contribution < 1.29 is 4.79 Å². The molecule has 0 aliphatic carbocycles. The largest absolute Gasteiger partial charge is 0.369 e. The van der Waals surface area contributed by atoms with Crippen LogP contribution in [0.5, 0.6) is 0 Å². The Hall–Kier alpha value is -3.65. The molecule has 1 saturated heterocycles. The summed E-state index contributed by atoms with van der Waals surface area (Å²) in [6, 6.07) is 15.7. The van der Waals surface area contributed by atoms with Crippen molar-refractivity contribution in [2.45, 2.75) is 13.8 Å². The van der Waals surface area contributed by atoms with Crippen molar-refractivity contribution in [1.29, 1.82) is 0 Å². The first kappa shape index (κ1) is 21.6. The number of anilines is 5. The zero-order valence-corrected chi connectivity index (χ0v) is 18.7. The van der Waals surface area contributed by atoms with Crippen molar-refractivity contribution in [1.82, 2.24) is 15.3 Å². The van der Waals surface area contributed by atoms with E-state index in [0.717, 1.165) is 48.7 Å². The van der Waals surface area contributed by atoms with E-state index in [2.05, 4.69) is 43.0 Å². The third-order valence-electron chi connectivity index (χ3n) is 5.64. The van der Waals surface area contributed by atoms with E-state index in [0.29, 0.717) is 11.6 Å². The summed E-state index contributed by atoms with van der Waals surface area (Å²) in [6.07, 6.45) is 1.45. The lowest BCUT2D eigenvalue weighted by Gasteiger charge is -2.29. The Morgan fingerprint density at radius 3 is 2.41 bits per heavy atom. The van der Waals surface area contributed by atoms with Gasteiger partial charge in [-0.25, -0.2) is 14.8 Å². The van der Waals surface area contributed by atoms with E-state index < -0.39 is 0 Å². The number of amides is 2. The molecule has 3 aromatic rings. The number of carbonyl (C=O) groups excluding carboxylic acids is 1. The minimum absolute atomic E-state index is 0.257. The molecule has 0 saturated carbocycles. The monoisotopic (exact) mass is 431 g/mol. The standard InChI is InChI=1S/C24H29N7O/c1-17-5-4-6-18(2)23(17)29-24(32)30(3)22-15-21(26-16-27-22)28-19-7-9-20(10-8-19)31-13-11-25-12-14-31/h4-10,15-16,25H,11-14H2,1-3H3,(H,29,32)(H,26,27,28). The molecule has 32 heavy (non-hydrogen) atoms. The minimum atomic E-state index is -0.257. The molecule has 4 rings (SSSR count). The van der Waals surface area contributed by atoms with Crippen molar-refractivity contribution in [2.24, 2.45) is 0 Å². The van der Waals surface area contributed by atoms with Gasteiger partial charge in [0.15, 0.2) is 0 Å². The van der Waals surface area contributed by atoms with Gasteiger partial charge in [0.05, 0.1) is 0 Å². The van der Waals surface area contributed by atoms with E-state index in [-0.39, 0.29) is 6.03 Å². The van der Waals surface area contributed by atoms with Gasteiger partial charge in [-0.3, -0.25) is 4.90 Å². The number of nitrogens with one attached hydrogen (secondary N) is 3. The molecular formula is C24H29N7O. The Morgan fingerprint density at radius 1 is 1.03 bits per heavy atom. The molecule has 2 heterocycles. The Balaban J connectivity index is 1.43. The number of aromatic nitrogens is 2. The van der Waals surface area contributed by atoms with Crippen LogP contribution in [0.4, 0.5) is 33.5 Å². The smallest absolute Gasteiger partial charge is 0.327 e. The number of benzene rings is 2. The summed E-state index contributed by atoms with van der Waals surface area (Å²) in [5, 5.41) is 9.65. The van der Waals surface area contributed by atoms with Gasteiger partial charge in [-0.2, -0.15) is 0 Å². The summed E-state index contributed by atoms with van der Waals surface area (Å²) in [5.74, 6) is 1.13. The van der Waals surface area contributed by atoms with Gasteiger partial charge in [0.25, 0.3) is 0 Å². The van der Waals surface area contributed by atoms with Crippen LogP contribution in [0.3, 0.4) is 0 Å². The van der Waals surface area contributed by atoms with Gasteiger partial charge in [-0.1, -0.05) is 18.2 Å². The highest BCUT2D eigenvalue weighted by atomic mass is 16.2. The van der Waals surface area contributed by atoms with Crippen molar-refractivity contribution in [2.75, 3.05) is 53.7 Å². The molecule has 2 aromatic carbocycles. The maximum absolute atomic E-state index is 12.8. The molecule has 3 N–H and O–H groups in total. The second-order valence-corrected chi connectivity index (χ2v) is 7.93. The van der Waals surface area contributed by atoms with E-state index >= 15 is 0 Å². The quantitative estimate of drug-likeness (QED) is 0.568. The van der Waals surface area contributed by atoms with Crippen LogP contribution in [0.2, 0.25) is 0 Å². The lowest BCUT2D eigenvalue weighted by Crippen LogP contribution is -2.43. The number of urea groups is 1. The Kier molecular flexibility index (Phi) is 6.51. The third-order valence-corrected chi connectivity index (χ3v) is 5.64. The minimum Gasteiger partial charge on any atom is -0.369 e. The van der Waals surface area contributed by atoms with E-state index in [1.165, 1.54) is 16.9 Å². The van der Waals surface area contributed by atoms with Crippen LogP contribution in [0.25, 0.3) is 0 Å². The van der Waals surface area contributed by atoms with Gasteiger partial charge >= 0.3 is 6.03 Å². The Morgan fingerprint density at radius 2 is 1.72 bits per heavy atom. The fraction of sp³-hybridized carbons (Fsp3) is 0.292. The number of nitrogens with zero attached hydrogens (tertiary/aromatic N) is 4. The van der Waals surface area contributed by atoms with Crippen molar-refractivity contribution in [3.05, 3.63) is 66.0 Å². The summed E-state index contributed by atoms with van der Waals surface area (Å²) in [5.41, 5.74) is 4.99. The SMILES string of the molecule is Cc1cccc(C)c1NC(=O)N(C)c1cc(Nc2ccc(N3CCNCC3)cc2)ncn1. The van der Waals surface area contributed by atoms with Gasteiger partial charge in [0, 0.05) is 56.4 Å². The number of hydrogen-bond donors (Lipinski definition) is 3. The van der Waals surface area contributed by atoms with Gasteiger partial charge in [-0.05, 0) is 49.2 Å². The zero-order valence-electron chi connectivity index (χ0n) is 18.7. The first-order valence-electron chi connectivity index (χ1n) is 10.8. The van der Waals surface area contributed by atoms with Gasteiger partial charge < -0.3 is 20.9 Å². The summed E-state index contributed by atoms with van der Waals surface area (Å²) < 4.78 is 0. The van der Waals surface area contributed by atoms with Gasteiger partial charge in [0.1, 0.15) is 18.0 Å². The maximum atomic E-state index is 12.8. The number of para-hydroxylation sites is 1. The molecule has 8 heteroatoms. The van der Waals surface area contributed by atoms with Crippen LogP contribution in [0.1, 0.15) is 11.1 Å². The summed E-state index contributed by atoms with van der Waals surface area (Å²) in [7, 11) is 1.69. The van der Waals surface area contributed by atoms with Crippen LogP contribution >= 0.6 is 0 Å². The van der Waals surface area contributed by atoms with Crippen LogP contribution in [0, 0.1) is 13.8 Å². The van der Waals surface area contributed by atoms with Crippen LogP contribution < -0.4 is 25.8 Å². The molecule has 0 atom stereocenters. The molecule has 1 fully saturated rings. The normalized spacial score (nSPS) is 13.5. The second-order valence-electron chi connectivity index (χ2n) is 7.93. The summed E-state index contributed by atoms with van der Waals surface area (Å²) >= 11 is 0. The highest BCUT2D eigenvalue weighted by molar-refractivity contribution is 6.01. The molecule has 1 aliphatic heterocycles. The molecule has 2 amide bonds. The highest BCUT2D eigenvalue weighted by Crippen LogP contribution is 2.23.